The summed E-state index contributed by atoms with van der Waals surface area (Å²) in [5, 5.41) is 8.19. The number of ether oxygens (including phenoxy) is 2. The van der Waals surface area contributed by atoms with E-state index in [1.165, 1.54) is 11.3 Å². The molecule has 0 fully saturated rings. The molecular formula is C30H31N3O4S. The number of nitrogens with one attached hydrogen (secondary N) is 2. The van der Waals surface area contributed by atoms with Gasteiger partial charge in [0.2, 0.25) is 5.91 Å². The molecule has 3 aromatic carbocycles. The maximum atomic E-state index is 12.9. The van der Waals surface area contributed by atoms with Crippen LogP contribution in [-0.2, 0) is 28.8 Å². The van der Waals surface area contributed by atoms with E-state index in [9.17, 15) is 9.59 Å². The Morgan fingerprint density at radius 1 is 0.868 bits per heavy atom. The van der Waals surface area contributed by atoms with Crippen LogP contribution >= 0.6 is 11.3 Å². The van der Waals surface area contributed by atoms with Gasteiger partial charge in [0.15, 0.2) is 5.13 Å². The van der Waals surface area contributed by atoms with Gasteiger partial charge in [0.05, 0.1) is 13.0 Å². The van der Waals surface area contributed by atoms with Gasteiger partial charge in [-0.2, -0.15) is 0 Å². The third kappa shape index (κ3) is 8.54. The van der Waals surface area contributed by atoms with Gasteiger partial charge in [-0.3, -0.25) is 14.9 Å². The maximum absolute atomic E-state index is 12.9. The lowest BCUT2D eigenvalue weighted by Gasteiger charge is -2.12. The molecule has 4 aromatic rings. The van der Waals surface area contributed by atoms with Gasteiger partial charge in [0.1, 0.15) is 5.75 Å². The number of benzene rings is 3. The molecule has 0 saturated heterocycles. The smallest absolute Gasteiger partial charge is 0.257 e. The summed E-state index contributed by atoms with van der Waals surface area (Å²) in [5.41, 5.74) is 4.32. The van der Waals surface area contributed by atoms with Crippen LogP contribution in [0.25, 0.3) is 0 Å². The molecule has 38 heavy (non-hydrogen) atoms. The molecule has 0 aliphatic carbocycles. The van der Waals surface area contributed by atoms with Crippen molar-refractivity contribution in [2.75, 3.05) is 31.0 Å². The highest BCUT2D eigenvalue weighted by Gasteiger charge is 2.12. The Morgan fingerprint density at radius 3 is 2.47 bits per heavy atom. The monoisotopic (exact) mass is 529 g/mol. The van der Waals surface area contributed by atoms with E-state index in [0.717, 1.165) is 35.2 Å². The molecule has 4 rings (SSSR count). The summed E-state index contributed by atoms with van der Waals surface area (Å²) in [6, 6.07) is 23.1. The summed E-state index contributed by atoms with van der Waals surface area (Å²) in [5.74, 6) is 0.360. The standard InChI is InChI=1S/C30H31N3O4S/c1-36-14-6-15-37-27-19-24(17-25(21-27)29(35)33-30-31-13-16-38-30)12-11-23-9-5-10-26(18-23)32-28(34)20-22-7-3-2-4-8-22/h2-5,7-10,13,16-19,21H,6,11-12,14-15,20H2,1H3,(H,32,34)(H,31,33,35). The molecule has 0 atom stereocenters. The fourth-order valence-electron chi connectivity index (χ4n) is 3.95. The number of hydrogen-bond acceptors (Lipinski definition) is 6. The number of aromatic nitrogens is 1. The van der Waals surface area contributed by atoms with Crippen molar-refractivity contribution in [2.45, 2.75) is 25.7 Å². The molecule has 196 valence electrons. The van der Waals surface area contributed by atoms with E-state index < -0.39 is 0 Å². The lowest BCUT2D eigenvalue weighted by molar-refractivity contribution is -0.115. The van der Waals surface area contributed by atoms with Crippen molar-refractivity contribution < 1.29 is 19.1 Å². The number of anilines is 2. The Balaban J connectivity index is 1.42. The third-order valence-corrected chi connectivity index (χ3v) is 6.45. The van der Waals surface area contributed by atoms with Crippen molar-refractivity contribution in [2.24, 2.45) is 0 Å². The molecule has 2 amide bonds. The molecular weight excluding hydrogens is 498 g/mol. The van der Waals surface area contributed by atoms with Crippen LogP contribution in [0.2, 0.25) is 0 Å². The number of nitrogens with zero attached hydrogens (tertiary/aromatic N) is 1. The van der Waals surface area contributed by atoms with E-state index in [1.54, 1.807) is 19.4 Å². The molecule has 7 nitrogen and oxygen atoms in total. The van der Waals surface area contributed by atoms with Crippen molar-refractivity contribution in [3.8, 4) is 5.75 Å². The summed E-state index contributed by atoms with van der Waals surface area (Å²) >= 11 is 1.37. The van der Waals surface area contributed by atoms with Gasteiger partial charge >= 0.3 is 0 Å². The van der Waals surface area contributed by atoms with Crippen LogP contribution in [0.1, 0.15) is 33.5 Å². The Hall–Kier alpha value is -4.01. The van der Waals surface area contributed by atoms with E-state index >= 15 is 0 Å². The van der Waals surface area contributed by atoms with Crippen LogP contribution in [0.3, 0.4) is 0 Å². The van der Waals surface area contributed by atoms with E-state index in [1.807, 2.05) is 72.1 Å². The van der Waals surface area contributed by atoms with Crippen molar-refractivity contribution in [1.29, 1.82) is 0 Å². The van der Waals surface area contributed by atoms with Gasteiger partial charge in [-0.15, -0.1) is 11.3 Å². The van der Waals surface area contributed by atoms with Crippen LogP contribution in [0.5, 0.6) is 5.75 Å². The quantitative estimate of drug-likeness (QED) is 0.214. The summed E-state index contributed by atoms with van der Waals surface area (Å²) in [4.78, 5) is 29.5. The highest BCUT2D eigenvalue weighted by Crippen LogP contribution is 2.22. The zero-order valence-corrected chi connectivity index (χ0v) is 22.1. The molecule has 0 spiro atoms. The molecule has 0 unspecified atom stereocenters. The maximum Gasteiger partial charge on any atom is 0.257 e. The van der Waals surface area contributed by atoms with Gasteiger partial charge in [-0.25, -0.2) is 4.98 Å². The number of amides is 2. The molecule has 0 bridgehead atoms. The SMILES string of the molecule is COCCCOc1cc(CCc2cccc(NC(=O)Cc3ccccc3)c2)cc(C(=O)Nc2nccs2)c1. The topological polar surface area (TPSA) is 89.5 Å². The van der Waals surface area contributed by atoms with E-state index in [4.69, 9.17) is 9.47 Å². The summed E-state index contributed by atoms with van der Waals surface area (Å²) in [7, 11) is 1.66. The Labute approximate surface area is 226 Å². The first-order valence-corrected chi connectivity index (χ1v) is 13.4. The highest BCUT2D eigenvalue weighted by molar-refractivity contribution is 7.13. The molecule has 1 heterocycles. The van der Waals surface area contributed by atoms with Gasteiger partial charge in [-0.05, 0) is 59.9 Å². The van der Waals surface area contributed by atoms with Gasteiger partial charge < -0.3 is 14.8 Å². The minimum atomic E-state index is -0.230. The average molecular weight is 530 g/mol. The van der Waals surface area contributed by atoms with Crippen molar-refractivity contribution >= 4 is 34.0 Å². The molecule has 0 aliphatic heterocycles. The number of carbonyl (C=O) groups is 2. The second-order valence-electron chi connectivity index (χ2n) is 8.76. The van der Waals surface area contributed by atoms with Gasteiger partial charge in [0, 0.05) is 43.0 Å². The van der Waals surface area contributed by atoms with E-state index in [2.05, 4.69) is 15.6 Å². The highest BCUT2D eigenvalue weighted by atomic mass is 32.1. The third-order valence-electron chi connectivity index (χ3n) is 5.76. The van der Waals surface area contributed by atoms with Crippen molar-refractivity contribution in [3.63, 3.8) is 0 Å². The molecule has 0 saturated carbocycles. The lowest BCUT2D eigenvalue weighted by atomic mass is 10.0. The fourth-order valence-corrected chi connectivity index (χ4v) is 4.47. The summed E-state index contributed by atoms with van der Waals surface area (Å²) < 4.78 is 11.0. The van der Waals surface area contributed by atoms with Crippen molar-refractivity contribution in [1.82, 2.24) is 4.98 Å². The van der Waals surface area contributed by atoms with Crippen LogP contribution < -0.4 is 15.4 Å². The minimum absolute atomic E-state index is 0.0532. The van der Waals surface area contributed by atoms with Gasteiger partial charge in [-0.1, -0.05) is 42.5 Å². The first-order chi connectivity index (χ1) is 18.6. The zero-order valence-electron chi connectivity index (χ0n) is 21.3. The molecule has 1 aromatic heterocycles. The Morgan fingerprint density at radius 2 is 1.68 bits per heavy atom. The van der Waals surface area contributed by atoms with Crippen LogP contribution in [-0.4, -0.2) is 37.1 Å². The van der Waals surface area contributed by atoms with Crippen LogP contribution in [0, 0.1) is 0 Å². The molecule has 0 aliphatic rings. The first kappa shape index (κ1) is 27.0. The summed E-state index contributed by atoms with van der Waals surface area (Å²) in [6.45, 7) is 1.10. The normalized spacial score (nSPS) is 10.7. The minimum Gasteiger partial charge on any atom is -0.493 e. The van der Waals surface area contributed by atoms with E-state index in [-0.39, 0.29) is 11.8 Å². The van der Waals surface area contributed by atoms with Crippen LogP contribution in [0.4, 0.5) is 10.8 Å². The fraction of sp³-hybridized carbons (Fsp3) is 0.233. The lowest BCUT2D eigenvalue weighted by Crippen LogP contribution is -2.14. The number of hydrogen-bond donors (Lipinski definition) is 2. The Bertz CT molecular complexity index is 1330. The number of thiazole rings is 1. The number of aryl methyl sites for hydroxylation is 2. The second-order valence-corrected chi connectivity index (χ2v) is 9.66. The predicted molar refractivity (Wildman–Crippen MR) is 151 cm³/mol. The predicted octanol–water partition coefficient (Wildman–Crippen LogP) is 5.78. The van der Waals surface area contributed by atoms with Crippen LogP contribution in [0.15, 0.2) is 84.4 Å². The number of carbonyl (C=O) groups excluding carboxylic acids is 2. The average Bonchev–Trinajstić information content (AvgIpc) is 3.44. The second kappa shape index (κ2) is 14.1. The Kier molecular flexibility index (Phi) is 10.0. The summed E-state index contributed by atoms with van der Waals surface area (Å²) in [6.07, 6.45) is 4.18. The largest absolute Gasteiger partial charge is 0.493 e. The van der Waals surface area contributed by atoms with Gasteiger partial charge in [0.25, 0.3) is 5.91 Å². The van der Waals surface area contributed by atoms with Crippen molar-refractivity contribution in [3.05, 3.63) is 107 Å². The zero-order chi connectivity index (χ0) is 26.6. The molecule has 2 N–H and O–H groups in total. The first-order valence-electron chi connectivity index (χ1n) is 12.5. The molecule has 8 heteroatoms. The number of methoxy groups -OCH3 is 1. The van der Waals surface area contributed by atoms with E-state index in [0.29, 0.717) is 42.5 Å². The molecule has 0 radical (unpaired) electrons. The number of rotatable bonds is 13.